The summed E-state index contributed by atoms with van der Waals surface area (Å²) < 4.78 is 17.0. The highest BCUT2D eigenvalue weighted by Gasteiger charge is 2.17. The molecule has 136 valence electrons. The number of carbonyl (C=O) groups excluding carboxylic acids is 1. The topological polar surface area (TPSA) is 83.6 Å². The zero-order valence-electron chi connectivity index (χ0n) is 14.3. The summed E-state index contributed by atoms with van der Waals surface area (Å²) in [4.78, 5) is 27.6. The Labute approximate surface area is 154 Å². The van der Waals surface area contributed by atoms with Gasteiger partial charge < -0.3 is 13.9 Å². The van der Waals surface area contributed by atoms with Crippen LogP contribution in [0.1, 0.15) is 25.1 Å². The third-order valence-corrected chi connectivity index (χ3v) is 4.19. The molecule has 0 N–H and O–H groups in total. The van der Waals surface area contributed by atoms with Crippen molar-refractivity contribution in [3.8, 4) is 5.75 Å². The average Bonchev–Trinajstić information content (AvgIpc) is 2.94. The number of benzene rings is 1. The molecule has 0 amide bonds. The number of methoxy groups -OCH3 is 1. The predicted octanol–water partition coefficient (Wildman–Crippen LogP) is 3.35. The molecule has 2 heterocycles. The zero-order chi connectivity index (χ0) is 18.7. The van der Waals surface area contributed by atoms with Crippen molar-refractivity contribution in [3.63, 3.8) is 0 Å². The Morgan fingerprint density at radius 3 is 2.88 bits per heavy atom. The maximum atomic E-state index is 12.1. The van der Waals surface area contributed by atoms with Crippen LogP contribution in [0.4, 0.5) is 0 Å². The molecule has 1 atom stereocenters. The first-order valence-corrected chi connectivity index (χ1v) is 8.34. The van der Waals surface area contributed by atoms with E-state index in [1.54, 1.807) is 18.3 Å². The fourth-order valence-corrected chi connectivity index (χ4v) is 2.74. The SMILES string of the molecule is COC(=O)CCn1c(=O)oc2cc(O[C@@H](C)c3ccccn3)c(Cl)cc21. The molecule has 3 aromatic rings. The maximum Gasteiger partial charge on any atom is 0.419 e. The van der Waals surface area contributed by atoms with E-state index in [-0.39, 0.29) is 19.1 Å². The summed E-state index contributed by atoms with van der Waals surface area (Å²) in [5.74, 6) is -0.609. The number of carbonyl (C=O) groups is 1. The van der Waals surface area contributed by atoms with Gasteiger partial charge in [-0.2, -0.15) is 0 Å². The van der Waals surface area contributed by atoms with Gasteiger partial charge in [0, 0.05) is 18.8 Å². The Bertz CT molecular complexity index is 980. The summed E-state index contributed by atoms with van der Waals surface area (Å²) >= 11 is 6.31. The van der Waals surface area contributed by atoms with Gasteiger partial charge in [-0.3, -0.25) is 14.3 Å². The quantitative estimate of drug-likeness (QED) is 0.613. The second kappa shape index (κ2) is 7.61. The highest BCUT2D eigenvalue weighted by Crippen LogP contribution is 2.32. The number of aryl methyl sites for hydroxylation is 1. The van der Waals surface area contributed by atoms with Crippen molar-refractivity contribution in [2.75, 3.05) is 7.11 Å². The van der Waals surface area contributed by atoms with Crippen molar-refractivity contribution in [2.45, 2.75) is 26.0 Å². The second-order valence-electron chi connectivity index (χ2n) is 5.61. The first kappa shape index (κ1) is 18.0. The molecule has 0 radical (unpaired) electrons. The number of hydrogen-bond acceptors (Lipinski definition) is 6. The lowest BCUT2D eigenvalue weighted by Crippen LogP contribution is -2.16. The molecule has 0 saturated carbocycles. The van der Waals surface area contributed by atoms with Crippen LogP contribution in [0.25, 0.3) is 11.1 Å². The number of halogens is 1. The van der Waals surface area contributed by atoms with E-state index in [2.05, 4.69) is 9.72 Å². The van der Waals surface area contributed by atoms with E-state index in [4.69, 9.17) is 20.8 Å². The lowest BCUT2D eigenvalue weighted by molar-refractivity contribution is -0.140. The fourth-order valence-electron chi connectivity index (χ4n) is 2.54. The van der Waals surface area contributed by atoms with E-state index in [1.807, 2.05) is 25.1 Å². The predicted molar refractivity (Wildman–Crippen MR) is 95.4 cm³/mol. The van der Waals surface area contributed by atoms with Gasteiger partial charge in [-0.05, 0) is 25.1 Å². The molecule has 0 aliphatic rings. The normalized spacial score (nSPS) is 12.1. The Hall–Kier alpha value is -2.80. The number of ether oxygens (including phenoxy) is 2. The highest BCUT2D eigenvalue weighted by molar-refractivity contribution is 6.32. The van der Waals surface area contributed by atoms with Crippen LogP contribution in [0.15, 0.2) is 45.7 Å². The minimum absolute atomic E-state index is 0.0532. The molecule has 0 bridgehead atoms. The van der Waals surface area contributed by atoms with Crippen LogP contribution < -0.4 is 10.5 Å². The molecule has 0 aliphatic heterocycles. The smallest absolute Gasteiger partial charge is 0.419 e. The summed E-state index contributed by atoms with van der Waals surface area (Å²) in [5.41, 5.74) is 1.56. The Balaban J connectivity index is 1.89. The van der Waals surface area contributed by atoms with E-state index in [1.165, 1.54) is 11.7 Å². The van der Waals surface area contributed by atoms with Gasteiger partial charge in [-0.25, -0.2) is 4.79 Å². The van der Waals surface area contributed by atoms with Crippen molar-refractivity contribution in [3.05, 3.63) is 57.8 Å². The largest absolute Gasteiger partial charge is 0.483 e. The molecule has 0 aliphatic carbocycles. The number of pyridine rings is 1. The van der Waals surface area contributed by atoms with Gasteiger partial charge in [0.1, 0.15) is 11.9 Å². The zero-order valence-corrected chi connectivity index (χ0v) is 15.0. The number of rotatable bonds is 6. The van der Waals surface area contributed by atoms with Crippen LogP contribution in [-0.2, 0) is 16.1 Å². The lowest BCUT2D eigenvalue weighted by Gasteiger charge is -2.15. The number of fused-ring (bicyclic) bond motifs is 1. The molecule has 2 aromatic heterocycles. The minimum Gasteiger partial charge on any atom is -0.483 e. The molecular formula is C18H17ClN2O5. The number of nitrogens with zero attached hydrogens (tertiary/aromatic N) is 2. The van der Waals surface area contributed by atoms with Crippen molar-refractivity contribution < 1.29 is 18.7 Å². The monoisotopic (exact) mass is 376 g/mol. The Morgan fingerprint density at radius 1 is 1.38 bits per heavy atom. The van der Waals surface area contributed by atoms with Gasteiger partial charge in [-0.1, -0.05) is 17.7 Å². The number of oxazole rings is 1. The van der Waals surface area contributed by atoms with Crippen LogP contribution >= 0.6 is 11.6 Å². The number of hydrogen-bond donors (Lipinski definition) is 0. The van der Waals surface area contributed by atoms with Gasteiger partial charge in [0.05, 0.1) is 29.8 Å². The second-order valence-corrected chi connectivity index (χ2v) is 6.02. The van der Waals surface area contributed by atoms with E-state index in [0.717, 1.165) is 5.69 Å². The number of aromatic nitrogens is 2. The number of esters is 1. The summed E-state index contributed by atoms with van der Waals surface area (Å²) in [6.07, 6.45) is 1.40. The van der Waals surface area contributed by atoms with Crippen molar-refractivity contribution in [2.24, 2.45) is 0 Å². The van der Waals surface area contributed by atoms with Crippen molar-refractivity contribution in [1.29, 1.82) is 0 Å². The van der Waals surface area contributed by atoms with Crippen LogP contribution in [0.5, 0.6) is 5.75 Å². The minimum atomic E-state index is -0.574. The molecule has 8 heteroatoms. The molecule has 7 nitrogen and oxygen atoms in total. The summed E-state index contributed by atoms with van der Waals surface area (Å²) in [7, 11) is 1.29. The van der Waals surface area contributed by atoms with Crippen LogP contribution in [0.2, 0.25) is 5.02 Å². The van der Waals surface area contributed by atoms with E-state index < -0.39 is 11.7 Å². The standard InChI is InChI=1S/C18H17ClN2O5/c1-11(13-5-3-4-7-20-13)25-15-10-16-14(9-12(15)19)21(18(23)26-16)8-6-17(22)24-2/h3-5,7,9-11H,6,8H2,1-2H3/t11-/m0/s1. The Kier molecular flexibility index (Phi) is 5.27. The van der Waals surface area contributed by atoms with Gasteiger partial charge in [0.2, 0.25) is 0 Å². The van der Waals surface area contributed by atoms with Gasteiger partial charge in [0.15, 0.2) is 5.58 Å². The molecule has 1 aromatic carbocycles. The van der Waals surface area contributed by atoms with Crippen LogP contribution in [0, 0.1) is 0 Å². The third kappa shape index (κ3) is 3.72. The first-order valence-electron chi connectivity index (χ1n) is 7.97. The van der Waals surface area contributed by atoms with E-state index in [0.29, 0.717) is 21.9 Å². The first-order chi connectivity index (χ1) is 12.5. The Morgan fingerprint density at radius 2 is 2.19 bits per heavy atom. The van der Waals surface area contributed by atoms with Gasteiger partial charge in [-0.15, -0.1) is 0 Å². The molecular weight excluding hydrogens is 360 g/mol. The maximum absolute atomic E-state index is 12.1. The van der Waals surface area contributed by atoms with E-state index in [9.17, 15) is 9.59 Å². The molecule has 0 unspecified atom stereocenters. The molecule has 0 fully saturated rings. The molecule has 26 heavy (non-hydrogen) atoms. The molecule has 3 rings (SSSR count). The van der Waals surface area contributed by atoms with Crippen LogP contribution in [-0.4, -0.2) is 22.6 Å². The summed E-state index contributed by atoms with van der Waals surface area (Å²) in [6.45, 7) is 1.99. The summed E-state index contributed by atoms with van der Waals surface area (Å²) in [5, 5.41) is 0.327. The van der Waals surface area contributed by atoms with Crippen molar-refractivity contribution in [1.82, 2.24) is 9.55 Å². The lowest BCUT2D eigenvalue weighted by atomic mass is 10.2. The molecule has 0 spiro atoms. The average molecular weight is 377 g/mol. The van der Waals surface area contributed by atoms with Gasteiger partial charge >= 0.3 is 11.7 Å². The third-order valence-electron chi connectivity index (χ3n) is 3.90. The fraction of sp³-hybridized carbons (Fsp3) is 0.278. The van der Waals surface area contributed by atoms with Crippen molar-refractivity contribution >= 4 is 28.7 Å². The van der Waals surface area contributed by atoms with Gasteiger partial charge in [0.25, 0.3) is 0 Å². The summed E-state index contributed by atoms with van der Waals surface area (Å²) in [6, 6.07) is 8.68. The highest BCUT2D eigenvalue weighted by atomic mass is 35.5. The molecule has 0 saturated heterocycles. The van der Waals surface area contributed by atoms with E-state index >= 15 is 0 Å². The van der Waals surface area contributed by atoms with Crippen LogP contribution in [0.3, 0.4) is 0 Å².